The Bertz CT molecular complexity index is 924. The van der Waals surface area contributed by atoms with E-state index in [0.717, 1.165) is 37.5 Å². The van der Waals surface area contributed by atoms with E-state index in [1.165, 1.54) is 29.2 Å². The number of carboxylic acids is 1. The second-order valence-corrected chi connectivity index (χ2v) is 10.7. The Morgan fingerprint density at radius 1 is 1.10 bits per heavy atom. The van der Waals surface area contributed by atoms with Crippen LogP contribution in [0, 0.1) is 17.3 Å². The minimum absolute atomic E-state index is 0.214. The van der Waals surface area contributed by atoms with Gasteiger partial charge in [0.05, 0.1) is 12.0 Å². The third kappa shape index (κ3) is 4.90. The number of fused-ring (bicyclic) bond motifs is 1. The summed E-state index contributed by atoms with van der Waals surface area (Å²) < 4.78 is 6.49. The van der Waals surface area contributed by atoms with Crippen molar-refractivity contribution in [1.29, 1.82) is 0 Å². The van der Waals surface area contributed by atoms with Crippen LogP contribution >= 0.6 is 0 Å². The van der Waals surface area contributed by atoms with Crippen molar-refractivity contribution in [3.8, 4) is 5.75 Å². The zero-order chi connectivity index (χ0) is 22.2. The molecule has 1 aliphatic heterocycles. The number of carbonyl (C=O) groups is 1. The predicted molar refractivity (Wildman–Crippen MR) is 126 cm³/mol. The molecule has 1 saturated carbocycles. The highest BCUT2D eigenvalue weighted by Crippen LogP contribution is 2.40. The number of ether oxygens (including phenoxy) is 1. The zero-order valence-corrected chi connectivity index (χ0v) is 19.4. The zero-order valence-electron chi connectivity index (χ0n) is 19.4. The number of benzene rings is 2. The molecule has 2 aliphatic rings. The fourth-order valence-corrected chi connectivity index (χ4v) is 5.41. The smallest absolute Gasteiger partial charge is 0.307 e. The SMILES string of the molecule is CC(c1ccc2c(OC3CCC(C(C)(C)C)CC3)cccc2c1)N1CCC(C(=O)O)C1. The Hall–Kier alpha value is -2.07. The van der Waals surface area contributed by atoms with Crippen LogP contribution in [0.2, 0.25) is 0 Å². The molecule has 1 heterocycles. The van der Waals surface area contributed by atoms with Crippen LogP contribution in [-0.4, -0.2) is 35.2 Å². The number of rotatable bonds is 5. The lowest BCUT2D eigenvalue weighted by molar-refractivity contribution is -0.141. The van der Waals surface area contributed by atoms with Gasteiger partial charge in [0.1, 0.15) is 5.75 Å². The van der Waals surface area contributed by atoms with Crippen LogP contribution in [0.15, 0.2) is 36.4 Å². The molecule has 0 radical (unpaired) electrons. The molecular formula is C27H37NO3. The quantitative estimate of drug-likeness (QED) is 0.614. The van der Waals surface area contributed by atoms with Gasteiger partial charge in [-0.25, -0.2) is 0 Å². The van der Waals surface area contributed by atoms with Gasteiger partial charge in [-0.15, -0.1) is 0 Å². The first kappa shape index (κ1) is 22.1. The molecule has 1 aliphatic carbocycles. The summed E-state index contributed by atoms with van der Waals surface area (Å²) in [5, 5.41) is 11.7. The highest BCUT2D eigenvalue weighted by molar-refractivity contribution is 5.89. The Morgan fingerprint density at radius 2 is 1.84 bits per heavy atom. The van der Waals surface area contributed by atoms with Gasteiger partial charge in [0.2, 0.25) is 0 Å². The third-order valence-corrected chi connectivity index (χ3v) is 7.66. The molecule has 0 bridgehead atoms. The number of carboxylic acid groups (broad SMARTS) is 1. The topological polar surface area (TPSA) is 49.8 Å². The third-order valence-electron chi connectivity index (χ3n) is 7.66. The van der Waals surface area contributed by atoms with Crippen molar-refractivity contribution in [3.63, 3.8) is 0 Å². The maximum absolute atomic E-state index is 11.3. The van der Waals surface area contributed by atoms with E-state index in [0.29, 0.717) is 18.1 Å². The largest absolute Gasteiger partial charge is 0.490 e. The predicted octanol–water partition coefficient (Wildman–Crippen LogP) is 6.29. The highest BCUT2D eigenvalue weighted by Gasteiger charge is 2.32. The van der Waals surface area contributed by atoms with E-state index < -0.39 is 5.97 Å². The van der Waals surface area contributed by atoms with Crippen LogP contribution in [0.4, 0.5) is 0 Å². The minimum atomic E-state index is -0.675. The summed E-state index contributed by atoms with van der Waals surface area (Å²) in [7, 11) is 0. The molecule has 1 saturated heterocycles. The molecule has 1 N–H and O–H groups in total. The van der Waals surface area contributed by atoms with Gasteiger partial charge in [0.25, 0.3) is 0 Å². The summed E-state index contributed by atoms with van der Waals surface area (Å²) in [5.74, 6) is 0.862. The molecule has 4 rings (SSSR count). The maximum Gasteiger partial charge on any atom is 0.307 e. The summed E-state index contributed by atoms with van der Waals surface area (Å²) in [6, 6.07) is 13.2. The summed E-state index contributed by atoms with van der Waals surface area (Å²) >= 11 is 0. The lowest BCUT2D eigenvalue weighted by atomic mass is 9.72. The van der Waals surface area contributed by atoms with Gasteiger partial charge in [-0.05, 0) is 80.0 Å². The first-order valence-corrected chi connectivity index (χ1v) is 11.9. The molecule has 0 amide bonds. The van der Waals surface area contributed by atoms with Gasteiger partial charge in [0, 0.05) is 18.0 Å². The average molecular weight is 424 g/mol. The maximum atomic E-state index is 11.3. The van der Waals surface area contributed by atoms with Gasteiger partial charge in [-0.1, -0.05) is 45.0 Å². The van der Waals surface area contributed by atoms with E-state index in [4.69, 9.17) is 4.74 Å². The molecule has 4 heteroatoms. The summed E-state index contributed by atoms with van der Waals surface area (Å²) in [6.07, 6.45) is 5.80. The van der Waals surface area contributed by atoms with E-state index in [1.807, 2.05) is 0 Å². The number of aliphatic carboxylic acids is 1. The normalized spacial score (nSPS) is 26.1. The van der Waals surface area contributed by atoms with Gasteiger partial charge in [-0.3, -0.25) is 9.69 Å². The molecule has 2 fully saturated rings. The molecule has 0 spiro atoms. The molecule has 2 unspecified atom stereocenters. The first-order valence-electron chi connectivity index (χ1n) is 11.9. The fraction of sp³-hybridized carbons (Fsp3) is 0.593. The lowest BCUT2D eigenvalue weighted by Gasteiger charge is -2.37. The number of nitrogens with zero attached hydrogens (tertiary/aromatic N) is 1. The Morgan fingerprint density at radius 3 is 2.48 bits per heavy atom. The Balaban J connectivity index is 1.46. The fourth-order valence-electron chi connectivity index (χ4n) is 5.41. The molecule has 168 valence electrons. The standard InChI is InChI=1S/C27H37NO3/c1-18(28-15-14-21(17-28)26(29)30)19-8-13-24-20(16-19)6-5-7-25(24)31-23-11-9-22(10-12-23)27(2,3)4/h5-8,13,16,18,21-23H,9-12,14-15,17H2,1-4H3,(H,29,30). The van der Waals surface area contributed by atoms with E-state index in [-0.39, 0.29) is 12.0 Å². The van der Waals surface area contributed by atoms with Crippen molar-refractivity contribution >= 4 is 16.7 Å². The summed E-state index contributed by atoms with van der Waals surface area (Å²) in [5.41, 5.74) is 1.62. The number of hydrogen-bond donors (Lipinski definition) is 1. The lowest BCUT2D eigenvalue weighted by Crippen LogP contribution is -2.30. The van der Waals surface area contributed by atoms with E-state index in [2.05, 4.69) is 69.0 Å². The summed E-state index contributed by atoms with van der Waals surface area (Å²) in [4.78, 5) is 13.6. The van der Waals surface area contributed by atoms with Crippen molar-refractivity contribution in [2.75, 3.05) is 13.1 Å². The van der Waals surface area contributed by atoms with Crippen LogP contribution in [0.5, 0.6) is 5.75 Å². The molecule has 0 aromatic heterocycles. The van der Waals surface area contributed by atoms with Crippen molar-refractivity contribution in [3.05, 3.63) is 42.0 Å². The van der Waals surface area contributed by atoms with Crippen molar-refractivity contribution in [2.45, 2.75) is 71.9 Å². The van der Waals surface area contributed by atoms with Gasteiger partial charge in [-0.2, -0.15) is 0 Å². The monoisotopic (exact) mass is 423 g/mol. The number of hydrogen-bond acceptors (Lipinski definition) is 3. The Kier molecular flexibility index (Phi) is 6.30. The molecule has 2 aromatic carbocycles. The minimum Gasteiger partial charge on any atom is -0.490 e. The second kappa shape index (κ2) is 8.82. The van der Waals surface area contributed by atoms with E-state index >= 15 is 0 Å². The van der Waals surface area contributed by atoms with Crippen LogP contribution in [-0.2, 0) is 4.79 Å². The van der Waals surface area contributed by atoms with Gasteiger partial charge in [0.15, 0.2) is 0 Å². The molecule has 2 aromatic rings. The Labute approximate surface area is 186 Å². The van der Waals surface area contributed by atoms with Crippen molar-refractivity contribution in [1.82, 2.24) is 4.90 Å². The van der Waals surface area contributed by atoms with Gasteiger partial charge < -0.3 is 9.84 Å². The second-order valence-electron chi connectivity index (χ2n) is 10.7. The summed E-state index contributed by atoms with van der Waals surface area (Å²) in [6.45, 7) is 10.7. The first-order chi connectivity index (χ1) is 14.7. The molecule has 2 atom stereocenters. The van der Waals surface area contributed by atoms with Crippen molar-refractivity contribution in [2.24, 2.45) is 17.3 Å². The van der Waals surface area contributed by atoms with E-state index in [9.17, 15) is 9.90 Å². The van der Waals surface area contributed by atoms with Gasteiger partial charge >= 0.3 is 5.97 Å². The van der Waals surface area contributed by atoms with Crippen molar-refractivity contribution < 1.29 is 14.6 Å². The number of likely N-dealkylation sites (tertiary alicyclic amines) is 1. The average Bonchev–Trinajstić information content (AvgIpc) is 3.23. The van der Waals surface area contributed by atoms with Crippen LogP contribution in [0.3, 0.4) is 0 Å². The molecular weight excluding hydrogens is 386 g/mol. The molecule has 4 nitrogen and oxygen atoms in total. The molecule has 31 heavy (non-hydrogen) atoms. The highest BCUT2D eigenvalue weighted by atomic mass is 16.5. The van der Waals surface area contributed by atoms with Crippen LogP contribution in [0.25, 0.3) is 10.8 Å². The van der Waals surface area contributed by atoms with Crippen LogP contribution in [0.1, 0.15) is 71.4 Å². The van der Waals surface area contributed by atoms with E-state index in [1.54, 1.807) is 0 Å². The van der Waals surface area contributed by atoms with Crippen LogP contribution < -0.4 is 4.74 Å².